The Balaban J connectivity index is 2.31. The molecule has 5 nitrogen and oxygen atoms in total. The standard InChI is InChI=1S/C20H30O5/c1-7-17(4)11-15(23)20(24)18(5)12(10-14(22)19(20,6)25-17)16(2,3)9-8-13(18)21/h7,10,13-14,21-22,24H,1,8-9,11H2,2-6H3/t13-,14-,17-,18+,19+,20+/m0/s1. The zero-order valence-corrected chi connectivity index (χ0v) is 15.8. The first-order chi connectivity index (χ1) is 11.3. The summed E-state index contributed by atoms with van der Waals surface area (Å²) >= 11 is 0. The van der Waals surface area contributed by atoms with Crippen LogP contribution in [0.1, 0.15) is 53.9 Å². The molecule has 1 aliphatic heterocycles. The van der Waals surface area contributed by atoms with E-state index in [1.807, 2.05) is 13.8 Å². The van der Waals surface area contributed by atoms with Crippen molar-refractivity contribution >= 4 is 5.78 Å². The Kier molecular flexibility index (Phi) is 3.78. The van der Waals surface area contributed by atoms with Gasteiger partial charge in [0.15, 0.2) is 11.4 Å². The Morgan fingerprint density at radius 1 is 1.24 bits per heavy atom. The number of Topliss-reactive ketones (excluding diaryl/α,β-unsaturated/α-hetero) is 1. The molecule has 3 N–H and O–H groups in total. The van der Waals surface area contributed by atoms with Gasteiger partial charge in [-0.3, -0.25) is 4.79 Å². The van der Waals surface area contributed by atoms with Crippen LogP contribution in [0.3, 0.4) is 0 Å². The summed E-state index contributed by atoms with van der Waals surface area (Å²) in [5, 5.41) is 33.6. The zero-order chi connectivity index (χ0) is 19.1. The Labute approximate surface area is 149 Å². The van der Waals surface area contributed by atoms with E-state index in [1.165, 1.54) is 6.08 Å². The largest absolute Gasteiger partial charge is 0.392 e. The van der Waals surface area contributed by atoms with Crippen molar-refractivity contribution in [3.8, 4) is 0 Å². The quantitative estimate of drug-likeness (QED) is 0.629. The summed E-state index contributed by atoms with van der Waals surface area (Å²) in [6.07, 6.45) is 2.28. The lowest BCUT2D eigenvalue weighted by Crippen LogP contribution is -2.80. The summed E-state index contributed by atoms with van der Waals surface area (Å²) < 4.78 is 6.14. The minimum Gasteiger partial charge on any atom is -0.392 e. The van der Waals surface area contributed by atoms with Gasteiger partial charge in [0.05, 0.1) is 17.1 Å². The van der Waals surface area contributed by atoms with E-state index in [4.69, 9.17) is 4.74 Å². The van der Waals surface area contributed by atoms with Gasteiger partial charge in [-0.1, -0.05) is 31.6 Å². The Morgan fingerprint density at radius 3 is 2.40 bits per heavy atom. The van der Waals surface area contributed by atoms with E-state index in [9.17, 15) is 20.1 Å². The van der Waals surface area contributed by atoms with Crippen LogP contribution in [0, 0.1) is 10.8 Å². The summed E-state index contributed by atoms with van der Waals surface area (Å²) in [4.78, 5) is 13.3. The summed E-state index contributed by atoms with van der Waals surface area (Å²) in [5.74, 6) is -0.424. The molecular weight excluding hydrogens is 320 g/mol. The molecule has 2 aliphatic carbocycles. The minimum absolute atomic E-state index is 0.0503. The smallest absolute Gasteiger partial charge is 0.171 e. The maximum absolute atomic E-state index is 13.3. The van der Waals surface area contributed by atoms with Gasteiger partial charge in [0.2, 0.25) is 0 Å². The van der Waals surface area contributed by atoms with Crippen molar-refractivity contribution < 1.29 is 24.9 Å². The Morgan fingerprint density at radius 2 is 1.84 bits per heavy atom. The summed E-state index contributed by atoms with van der Waals surface area (Å²) in [5.41, 5.74) is -5.41. The average molecular weight is 350 g/mol. The normalized spacial score (nSPS) is 52.0. The van der Waals surface area contributed by atoms with Gasteiger partial charge in [0.25, 0.3) is 0 Å². The first-order valence-electron chi connectivity index (χ1n) is 8.97. The lowest BCUT2D eigenvalue weighted by molar-refractivity contribution is -0.303. The van der Waals surface area contributed by atoms with Crippen LogP contribution < -0.4 is 0 Å². The second-order valence-electron chi connectivity index (χ2n) is 9.20. The monoisotopic (exact) mass is 350 g/mol. The molecule has 0 amide bonds. The second kappa shape index (κ2) is 5.03. The molecule has 0 aromatic rings. The van der Waals surface area contributed by atoms with Gasteiger partial charge in [0, 0.05) is 6.42 Å². The first-order valence-corrected chi connectivity index (χ1v) is 8.97. The molecule has 0 radical (unpaired) electrons. The van der Waals surface area contributed by atoms with Gasteiger partial charge in [-0.2, -0.15) is 0 Å². The van der Waals surface area contributed by atoms with E-state index < -0.39 is 40.2 Å². The molecule has 3 rings (SSSR count). The van der Waals surface area contributed by atoms with Crippen LogP contribution >= 0.6 is 0 Å². The van der Waals surface area contributed by atoms with E-state index in [2.05, 4.69) is 6.58 Å². The predicted molar refractivity (Wildman–Crippen MR) is 93.9 cm³/mol. The van der Waals surface area contributed by atoms with E-state index in [0.717, 1.165) is 5.57 Å². The van der Waals surface area contributed by atoms with Crippen molar-refractivity contribution in [3.05, 3.63) is 24.3 Å². The fourth-order valence-corrected chi connectivity index (χ4v) is 5.47. The molecule has 0 aromatic carbocycles. The van der Waals surface area contributed by atoms with Gasteiger partial charge >= 0.3 is 0 Å². The molecule has 0 spiro atoms. The first kappa shape index (κ1) is 18.8. The van der Waals surface area contributed by atoms with Crippen molar-refractivity contribution in [3.63, 3.8) is 0 Å². The number of aliphatic hydroxyl groups excluding tert-OH is 2. The fraction of sp³-hybridized carbons (Fsp3) is 0.750. The van der Waals surface area contributed by atoms with Gasteiger partial charge in [-0.05, 0) is 39.0 Å². The maximum atomic E-state index is 13.3. The van der Waals surface area contributed by atoms with E-state index in [-0.39, 0.29) is 11.8 Å². The summed E-state index contributed by atoms with van der Waals surface area (Å²) in [6.45, 7) is 12.8. The van der Waals surface area contributed by atoms with Crippen LogP contribution in [0.4, 0.5) is 0 Å². The molecule has 0 unspecified atom stereocenters. The molecule has 1 saturated heterocycles. The van der Waals surface area contributed by atoms with Crippen molar-refractivity contribution in [1.82, 2.24) is 0 Å². The minimum atomic E-state index is -2.02. The summed E-state index contributed by atoms with van der Waals surface area (Å²) in [6, 6.07) is 0. The average Bonchev–Trinajstić information content (AvgIpc) is 2.51. The fourth-order valence-electron chi connectivity index (χ4n) is 5.47. The van der Waals surface area contributed by atoms with Crippen LogP contribution in [-0.4, -0.2) is 50.1 Å². The van der Waals surface area contributed by atoms with Crippen molar-refractivity contribution in [2.75, 3.05) is 0 Å². The number of hydrogen-bond donors (Lipinski definition) is 3. The molecule has 6 atom stereocenters. The van der Waals surface area contributed by atoms with Crippen LogP contribution in [0.5, 0.6) is 0 Å². The molecule has 25 heavy (non-hydrogen) atoms. The van der Waals surface area contributed by atoms with Crippen molar-refractivity contribution in [2.45, 2.75) is 82.9 Å². The third-order valence-corrected chi connectivity index (χ3v) is 7.15. The summed E-state index contributed by atoms with van der Waals surface area (Å²) in [7, 11) is 0. The number of aliphatic hydroxyl groups is 3. The highest BCUT2D eigenvalue weighted by atomic mass is 16.6. The number of carbonyl (C=O) groups excluding carboxylic acids is 1. The predicted octanol–water partition coefficient (Wildman–Crippen LogP) is 1.90. The SMILES string of the molecule is C=C[C@@]1(C)CC(=O)[C@]2(O)[C@](C)(O1)[C@@H](O)C=C1C(C)(C)CC[C@H](O)[C@@]12C. The topological polar surface area (TPSA) is 87.0 Å². The highest BCUT2D eigenvalue weighted by molar-refractivity contribution is 5.93. The molecule has 0 aromatic heterocycles. The Hall–Kier alpha value is -1.01. The van der Waals surface area contributed by atoms with Crippen LogP contribution in [0.2, 0.25) is 0 Å². The molecular formula is C20H30O5. The molecule has 1 saturated carbocycles. The van der Waals surface area contributed by atoms with Gasteiger partial charge in [-0.15, -0.1) is 6.58 Å². The van der Waals surface area contributed by atoms with Crippen LogP contribution in [0.25, 0.3) is 0 Å². The number of carbonyl (C=O) groups is 1. The van der Waals surface area contributed by atoms with E-state index in [1.54, 1.807) is 26.8 Å². The lowest BCUT2D eigenvalue weighted by Gasteiger charge is -2.66. The third-order valence-electron chi connectivity index (χ3n) is 7.15. The van der Waals surface area contributed by atoms with Gasteiger partial charge < -0.3 is 20.1 Å². The van der Waals surface area contributed by atoms with E-state index in [0.29, 0.717) is 12.8 Å². The second-order valence-corrected chi connectivity index (χ2v) is 9.20. The molecule has 3 aliphatic rings. The van der Waals surface area contributed by atoms with E-state index >= 15 is 0 Å². The molecule has 5 heteroatoms. The molecule has 1 heterocycles. The molecule has 0 bridgehead atoms. The molecule has 140 valence electrons. The number of hydrogen-bond acceptors (Lipinski definition) is 5. The maximum Gasteiger partial charge on any atom is 0.171 e. The number of ether oxygens (including phenoxy) is 1. The number of ketones is 1. The zero-order valence-electron chi connectivity index (χ0n) is 15.8. The highest BCUT2D eigenvalue weighted by Gasteiger charge is 2.75. The van der Waals surface area contributed by atoms with Gasteiger partial charge in [-0.25, -0.2) is 0 Å². The Bertz CT molecular complexity index is 667. The highest BCUT2D eigenvalue weighted by Crippen LogP contribution is 2.64. The van der Waals surface area contributed by atoms with Crippen molar-refractivity contribution in [1.29, 1.82) is 0 Å². The van der Waals surface area contributed by atoms with Crippen molar-refractivity contribution in [2.24, 2.45) is 10.8 Å². The lowest BCUT2D eigenvalue weighted by atomic mass is 9.44. The van der Waals surface area contributed by atoms with Gasteiger partial charge in [0.1, 0.15) is 11.7 Å². The number of fused-ring (bicyclic) bond motifs is 3. The van der Waals surface area contributed by atoms with Crippen LogP contribution in [-0.2, 0) is 9.53 Å². The third kappa shape index (κ3) is 2.01. The number of rotatable bonds is 1. The molecule has 2 fully saturated rings. The van der Waals surface area contributed by atoms with Crippen LogP contribution in [0.15, 0.2) is 24.3 Å².